The molecule has 3 unspecified atom stereocenters. The van der Waals surface area contributed by atoms with Gasteiger partial charge in [-0.2, -0.15) is 26.3 Å². The van der Waals surface area contributed by atoms with Gasteiger partial charge in [0.1, 0.15) is 12.6 Å². The van der Waals surface area contributed by atoms with E-state index in [0.717, 1.165) is 6.07 Å². The molecule has 1 radical (unpaired) electrons. The minimum absolute atomic E-state index is 0.000115. The fourth-order valence-electron chi connectivity index (χ4n) is 3.87. The molecule has 1 heterocycles. The summed E-state index contributed by atoms with van der Waals surface area (Å²) in [6, 6.07) is 9.15. The number of carbonyl (C=O) groups excluding carboxylic acids is 3. The maximum atomic E-state index is 14.4. The van der Waals surface area contributed by atoms with Crippen molar-refractivity contribution in [2.75, 3.05) is 6.61 Å². The van der Waals surface area contributed by atoms with Crippen LogP contribution < -0.4 is 0 Å². The van der Waals surface area contributed by atoms with Crippen LogP contribution in [-0.4, -0.2) is 60.1 Å². The Hall–Kier alpha value is -3.45. The molecule has 39 heavy (non-hydrogen) atoms. The fourth-order valence-corrected chi connectivity index (χ4v) is 3.87. The molecule has 0 aliphatic carbocycles. The van der Waals surface area contributed by atoms with Crippen molar-refractivity contribution in [2.24, 2.45) is 0 Å². The quantitative estimate of drug-likeness (QED) is 0.308. The number of hydrogen-bond donors (Lipinski definition) is 0. The molecule has 3 atom stereocenters. The Labute approximate surface area is 219 Å². The number of amides is 2. The van der Waals surface area contributed by atoms with Gasteiger partial charge in [-0.25, -0.2) is 9.69 Å². The number of nitrogens with zero attached hydrogens (tertiary/aromatic N) is 1. The van der Waals surface area contributed by atoms with Gasteiger partial charge < -0.3 is 14.2 Å². The van der Waals surface area contributed by atoms with Crippen LogP contribution in [0.4, 0.5) is 31.1 Å². The van der Waals surface area contributed by atoms with E-state index in [1.807, 2.05) is 0 Å². The highest BCUT2D eigenvalue weighted by Gasteiger charge is 2.59. The number of carbonyl (C=O) groups is 3. The molecular formula is C26H24F6NO6. The standard InChI is InChI=1S/C26H24F6NO6/c1-16-9-5-6-12-18(16)21(34)20(22(25(27,28)29)39-19-13-7-8-14-37-19)33(23(35)26(30,31)32)24(36)38-15-17-10-3-2-4-11-17/h2-6,9-12,19-20,22H,1,7-8,13-15H2. The lowest BCUT2D eigenvalue weighted by Gasteiger charge is -2.37. The third kappa shape index (κ3) is 7.79. The summed E-state index contributed by atoms with van der Waals surface area (Å²) in [6.07, 6.45) is -17.6. The molecule has 2 aromatic rings. The number of halogens is 6. The van der Waals surface area contributed by atoms with E-state index in [0.29, 0.717) is 12.8 Å². The van der Waals surface area contributed by atoms with Crippen molar-refractivity contribution in [3.8, 4) is 0 Å². The lowest BCUT2D eigenvalue weighted by molar-refractivity contribution is -0.286. The molecule has 3 rings (SSSR count). The zero-order chi connectivity index (χ0) is 28.8. The third-order valence-electron chi connectivity index (χ3n) is 5.74. The molecule has 1 fully saturated rings. The average molecular weight is 560 g/mol. The van der Waals surface area contributed by atoms with Crippen molar-refractivity contribution >= 4 is 17.8 Å². The summed E-state index contributed by atoms with van der Waals surface area (Å²) in [5.41, 5.74) is -0.449. The van der Waals surface area contributed by atoms with Gasteiger partial charge >= 0.3 is 24.4 Å². The van der Waals surface area contributed by atoms with Gasteiger partial charge in [0.05, 0.1) is 0 Å². The molecule has 0 spiro atoms. The largest absolute Gasteiger partial charge is 0.471 e. The van der Waals surface area contributed by atoms with Crippen molar-refractivity contribution in [3.63, 3.8) is 0 Å². The lowest BCUT2D eigenvalue weighted by atomic mass is 9.94. The number of alkyl halides is 6. The van der Waals surface area contributed by atoms with Crippen molar-refractivity contribution in [1.29, 1.82) is 0 Å². The predicted molar refractivity (Wildman–Crippen MR) is 123 cm³/mol. The maximum absolute atomic E-state index is 14.4. The van der Waals surface area contributed by atoms with Gasteiger partial charge in [-0.15, -0.1) is 0 Å². The van der Waals surface area contributed by atoms with E-state index in [4.69, 9.17) is 14.2 Å². The van der Waals surface area contributed by atoms with Crippen LogP contribution in [0.2, 0.25) is 0 Å². The minimum Gasteiger partial charge on any atom is -0.444 e. The van der Waals surface area contributed by atoms with Crippen LogP contribution in [0, 0.1) is 6.92 Å². The Bertz CT molecular complexity index is 1150. The first-order valence-electron chi connectivity index (χ1n) is 11.7. The highest BCUT2D eigenvalue weighted by Crippen LogP contribution is 2.35. The summed E-state index contributed by atoms with van der Waals surface area (Å²) >= 11 is 0. The smallest absolute Gasteiger partial charge is 0.444 e. The third-order valence-corrected chi connectivity index (χ3v) is 5.74. The van der Waals surface area contributed by atoms with Gasteiger partial charge in [0.15, 0.2) is 18.2 Å². The van der Waals surface area contributed by atoms with E-state index in [2.05, 4.69) is 6.92 Å². The van der Waals surface area contributed by atoms with E-state index in [1.165, 1.54) is 42.5 Å². The number of imide groups is 1. The average Bonchev–Trinajstić information content (AvgIpc) is 2.89. The first-order chi connectivity index (χ1) is 18.3. The van der Waals surface area contributed by atoms with E-state index >= 15 is 0 Å². The molecule has 2 aromatic carbocycles. The van der Waals surface area contributed by atoms with Gasteiger partial charge in [0.25, 0.3) is 0 Å². The van der Waals surface area contributed by atoms with E-state index in [-0.39, 0.29) is 24.2 Å². The Morgan fingerprint density at radius 3 is 2.18 bits per heavy atom. The Morgan fingerprint density at radius 2 is 1.62 bits per heavy atom. The fraction of sp³-hybridized carbons (Fsp3) is 0.385. The van der Waals surface area contributed by atoms with E-state index < -0.39 is 65.6 Å². The van der Waals surface area contributed by atoms with E-state index in [1.54, 1.807) is 6.07 Å². The van der Waals surface area contributed by atoms with E-state index in [9.17, 15) is 40.7 Å². The predicted octanol–water partition coefficient (Wildman–Crippen LogP) is 5.62. The molecule has 0 N–H and O–H groups in total. The molecule has 0 bridgehead atoms. The van der Waals surface area contributed by atoms with Crippen LogP contribution in [-0.2, 0) is 25.6 Å². The molecule has 1 aliphatic rings. The van der Waals surface area contributed by atoms with Gasteiger partial charge in [-0.1, -0.05) is 54.6 Å². The Morgan fingerprint density at radius 1 is 0.974 bits per heavy atom. The molecule has 1 aliphatic heterocycles. The molecule has 13 heteroatoms. The highest BCUT2D eigenvalue weighted by atomic mass is 19.4. The highest BCUT2D eigenvalue weighted by molar-refractivity contribution is 6.08. The number of rotatable bonds is 8. The second-order valence-corrected chi connectivity index (χ2v) is 8.57. The number of ether oxygens (including phenoxy) is 3. The van der Waals surface area contributed by atoms with Crippen LogP contribution in [0.3, 0.4) is 0 Å². The van der Waals surface area contributed by atoms with Crippen LogP contribution >= 0.6 is 0 Å². The Balaban J connectivity index is 2.13. The molecule has 0 aromatic heterocycles. The van der Waals surface area contributed by atoms with Crippen molar-refractivity contribution in [1.82, 2.24) is 4.90 Å². The van der Waals surface area contributed by atoms with Gasteiger partial charge in [0.2, 0.25) is 0 Å². The molecule has 1 saturated heterocycles. The molecule has 0 saturated carbocycles. The van der Waals surface area contributed by atoms with Crippen LogP contribution in [0.5, 0.6) is 0 Å². The molecular weight excluding hydrogens is 536 g/mol. The number of ketones is 1. The van der Waals surface area contributed by atoms with Gasteiger partial charge in [-0.05, 0) is 37.3 Å². The van der Waals surface area contributed by atoms with Crippen LogP contribution in [0.15, 0.2) is 54.6 Å². The first-order valence-corrected chi connectivity index (χ1v) is 11.7. The summed E-state index contributed by atoms with van der Waals surface area (Å²) in [6.45, 7) is 2.83. The van der Waals surface area contributed by atoms with Gasteiger partial charge in [0, 0.05) is 12.2 Å². The topological polar surface area (TPSA) is 82.1 Å². The summed E-state index contributed by atoms with van der Waals surface area (Å²) < 4.78 is 99.2. The van der Waals surface area contributed by atoms with Crippen LogP contribution in [0.1, 0.15) is 40.7 Å². The summed E-state index contributed by atoms with van der Waals surface area (Å²) in [7, 11) is 0. The summed E-state index contributed by atoms with van der Waals surface area (Å²) in [5, 5.41) is 0. The SMILES string of the molecule is [CH2]c1ccccc1C(=O)C(C(OC1CCCCO1)C(F)(F)F)N(C(=O)OCc1ccccc1)C(=O)C(F)(F)F. The number of Topliss-reactive ketones (excluding diaryl/α,β-unsaturated/α-hetero) is 1. The second-order valence-electron chi connectivity index (χ2n) is 8.57. The van der Waals surface area contributed by atoms with Gasteiger partial charge in [-0.3, -0.25) is 9.59 Å². The lowest BCUT2D eigenvalue weighted by Crippen LogP contribution is -2.62. The number of benzene rings is 2. The monoisotopic (exact) mass is 560 g/mol. The van der Waals surface area contributed by atoms with Crippen LogP contribution in [0.25, 0.3) is 0 Å². The first kappa shape index (κ1) is 30.1. The normalized spacial score (nSPS) is 17.7. The zero-order valence-electron chi connectivity index (χ0n) is 20.3. The number of hydrogen-bond acceptors (Lipinski definition) is 6. The Kier molecular flexibility index (Phi) is 9.73. The maximum Gasteiger partial charge on any atom is 0.471 e. The molecule has 211 valence electrons. The van der Waals surface area contributed by atoms with Crippen molar-refractivity contribution in [2.45, 2.75) is 56.7 Å². The molecule has 7 nitrogen and oxygen atoms in total. The summed E-state index contributed by atoms with van der Waals surface area (Å²) in [4.78, 5) is 38.1. The minimum atomic E-state index is -5.86. The second kappa shape index (κ2) is 12.6. The van der Waals surface area contributed by atoms with Crippen molar-refractivity contribution in [3.05, 3.63) is 78.2 Å². The summed E-state index contributed by atoms with van der Waals surface area (Å²) in [5.74, 6) is -4.70. The molecule has 2 amide bonds. The van der Waals surface area contributed by atoms with Crippen molar-refractivity contribution < 1.29 is 54.9 Å². The zero-order valence-corrected chi connectivity index (χ0v) is 20.3.